The predicted molar refractivity (Wildman–Crippen MR) is 208 cm³/mol. The van der Waals surface area contributed by atoms with Gasteiger partial charge in [0.25, 0.3) is 0 Å². The number of rotatable bonds is 18. The van der Waals surface area contributed by atoms with Crippen molar-refractivity contribution in [2.75, 3.05) is 5.75 Å². The molecular weight excluding hydrogens is 601 g/mol. The van der Waals surface area contributed by atoms with Crippen molar-refractivity contribution < 1.29 is 0 Å². The molecule has 1 unspecified atom stereocenters. The summed E-state index contributed by atoms with van der Waals surface area (Å²) in [6.07, 6.45) is 20.4. The molecule has 0 saturated heterocycles. The second-order valence-electron chi connectivity index (χ2n) is 16.0. The van der Waals surface area contributed by atoms with Crippen molar-refractivity contribution >= 4 is 32.7 Å². The fourth-order valence-electron chi connectivity index (χ4n) is 6.98. The molecule has 1 atom stereocenters. The maximum Gasteiger partial charge on any atom is 0.0584 e. The lowest BCUT2D eigenvalue weighted by atomic mass is 9.95. The number of benzene rings is 1. The first kappa shape index (κ1) is 36.8. The van der Waals surface area contributed by atoms with Crippen LogP contribution in [0.25, 0.3) is 9.75 Å². The lowest BCUT2D eigenvalue weighted by Crippen LogP contribution is -2.16. The Morgan fingerprint density at radius 3 is 1.49 bits per heavy atom. The van der Waals surface area contributed by atoms with Gasteiger partial charge in [0, 0.05) is 19.5 Å². The molecule has 0 radical (unpaired) electrons. The molecule has 1 aliphatic rings. The Kier molecular flexibility index (Phi) is 13.4. The van der Waals surface area contributed by atoms with E-state index in [-0.39, 0.29) is 10.8 Å². The summed E-state index contributed by atoms with van der Waals surface area (Å²) in [5.74, 6) is 2.13. The van der Waals surface area contributed by atoms with Crippen LogP contribution in [0.1, 0.15) is 168 Å². The van der Waals surface area contributed by atoms with Crippen LogP contribution in [0.3, 0.4) is 0 Å². The third-order valence-corrected chi connectivity index (χ3v) is 17.6. The van der Waals surface area contributed by atoms with Gasteiger partial charge in [-0.2, -0.15) is 10.0 Å². The zero-order valence-corrected chi connectivity index (χ0v) is 33.0. The number of fused-ring (bicyclic) bond motifs is 3. The third kappa shape index (κ3) is 8.91. The van der Waals surface area contributed by atoms with E-state index >= 15 is 0 Å². The monoisotopic (exact) mass is 666 g/mol. The molecule has 0 nitrogen and oxygen atoms in total. The molecule has 0 N–H and O–H groups in total. The fourth-order valence-corrected chi connectivity index (χ4v) is 15.2. The van der Waals surface area contributed by atoms with E-state index in [2.05, 4.69) is 121 Å². The first-order valence-corrected chi connectivity index (χ1v) is 22.1. The second kappa shape index (κ2) is 16.4. The summed E-state index contributed by atoms with van der Waals surface area (Å²) in [7, 11) is -1.35. The number of hydrogen-bond acceptors (Lipinski definition) is 2. The van der Waals surface area contributed by atoms with Crippen molar-refractivity contribution in [3.8, 4) is 9.75 Å². The molecule has 0 aliphatic carbocycles. The van der Waals surface area contributed by atoms with E-state index < -0.39 is 10.0 Å². The maximum atomic E-state index is 2.70. The van der Waals surface area contributed by atoms with Crippen LogP contribution < -0.4 is 0 Å². The van der Waals surface area contributed by atoms with Crippen molar-refractivity contribution in [1.82, 2.24) is 0 Å². The Bertz CT molecular complexity index is 1250. The van der Waals surface area contributed by atoms with Gasteiger partial charge in [-0.1, -0.05) is 145 Å². The van der Waals surface area contributed by atoms with Gasteiger partial charge in [-0.05, 0) is 82.9 Å². The molecule has 3 heterocycles. The summed E-state index contributed by atoms with van der Waals surface area (Å²) in [5, 5.41) is 0. The van der Waals surface area contributed by atoms with Crippen LogP contribution in [0, 0.1) is 5.92 Å². The van der Waals surface area contributed by atoms with E-state index in [0.29, 0.717) is 0 Å². The van der Waals surface area contributed by atoms with Gasteiger partial charge >= 0.3 is 0 Å². The van der Waals surface area contributed by atoms with E-state index in [1.807, 2.05) is 0 Å². The average Bonchev–Trinajstić information content (AvgIpc) is 3.69. The molecule has 1 aliphatic heterocycles. The van der Waals surface area contributed by atoms with Crippen molar-refractivity contribution in [2.24, 2.45) is 5.92 Å². The van der Waals surface area contributed by atoms with Crippen LogP contribution in [-0.4, -0.2) is 5.75 Å². The predicted octanol–water partition coefficient (Wildman–Crippen LogP) is 15.3. The highest BCUT2D eigenvalue weighted by molar-refractivity contribution is 8.34. The van der Waals surface area contributed by atoms with Crippen LogP contribution in [0.2, 0.25) is 0 Å². The molecule has 4 rings (SSSR count). The van der Waals surface area contributed by atoms with E-state index in [1.165, 1.54) is 108 Å². The summed E-state index contributed by atoms with van der Waals surface area (Å²) in [5.41, 5.74) is 1.86. The van der Waals surface area contributed by atoms with Crippen LogP contribution in [0.15, 0.2) is 51.1 Å². The molecule has 3 aromatic rings. The number of aryl methyl sites for hydroxylation is 1. The minimum atomic E-state index is -1.35. The minimum absolute atomic E-state index is 0.173. The Hall–Kier alpha value is -1.03. The normalized spacial score (nSPS) is 15.7. The molecule has 1 aromatic carbocycles. The average molecular weight is 667 g/mol. The number of thiophene rings is 2. The molecule has 45 heavy (non-hydrogen) atoms. The van der Waals surface area contributed by atoms with Crippen LogP contribution >= 0.6 is 32.7 Å². The molecule has 3 heteroatoms. The summed E-state index contributed by atoms with van der Waals surface area (Å²) in [4.78, 5) is 11.4. The van der Waals surface area contributed by atoms with Crippen molar-refractivity contribution in [2.45, 2.75) is 184 Å². The Morgan fingerprint density at radius 2 is 1.02 bits per heavy atom. The molecule has 0 fully saturated rings. The van der Waals surface area contributed by atoms with Gasteiger partial charge in [0.05, 0.1) is 9.75 Å². The fraction of sp³-hybridized carbons (Fsp3) is 0.667. The van der Waals surface area contributed by atoms with Gasteiger partial charge in [-0.15, -0.1) is 22.7 Å². The van der Waals surface area contributed by atoms with Crippen molar-refractivity contribution in [3.05, 3.63) is 51.7 Å². The van der Waals surface area contributed by atoms with E-state index in [9.17, 15) is 0 Å². The highest BCUT2D eigenvalue weighted by Crippen LogP contribution is 2.79. The number of hydrogen-bond donors (Lipinski definition) is 0. The second-order valence-corrected chi connectivity index (χ2v) is 21.3. The van der Waals surface area contributed by atoms with Gasteiger partial charge in [-0.25, -0.2) is 0 Å². The van der Waals surface area contributed by atoms with Crippen LogP contribution in [0.5, 0.6) is 0 Å². The third-order valence-electron chi connectivity index (χ3n) is 9.89. The first-order chi connectivity index (χ1) is 21.5. The summed E-state index contributed by atoms with van der Waals surface area (Å²) >= 11 is 4.24. The molecule has 0 spiro atoms. The lowest BCUT2D eigenvalue weighted by molar-refractivity contribution is 0.438. The standard InChI is InChI=1S/C42H66S3/c1-10-13-16-18-19-21-24-33(23-20-17-14-11-2)31-45(34-27-25-32(26-28-34)22-15-12-3)35-29-37(41(4,5)6)43-39(35)40-36(45)30-38(44-40)42(7,8)9/h25-30,33H,10-24,31H2,1-9H3. The van der Waals surface area contributed by atoms with Crippen molar-refractivity contribution in [1.29, 1.82) is 0 Å². The summed E-state index contributed by atoms with van der Waals surface area (Å²) in [6, 6.07) is 15.6. The maximum absolute atomic E-state index is 2.70. The van der Waals surface area contributed by atoms with Gasteiger partial charge in [-0.3, -0.25) is 0 Å². The molecule has 0 bridgehead atoms. The zero-order chi connectivity index (χ0) is 32.7. The first-order valence-electron chi connectivity index (χ1n) is 18.6. The Morgan fingerprint density at radius 1 is 0.578 bits per heavy atom. The minimum Gasteiger partial charge on any atom is -0.157 e. The quantitative estimate of drug-likeness (QED) is 0.119. The van der Waals surface area contributed by atoms with E-state index in [4.69, 9.17) is 0 Å². The van der Waals surface area contributed by atoms with Gasteiger partial charge in [0.1, 0.15) is 0 Å². The molecule has 0 amide bonds. The van der Waals surface area contributed by atoms with E-state index in [1.54, 1.807) is 34.2 Å². The highest BCUT2D eigenvalue weighted by atomic mass is 32.3. The van der Waals surface area contributed by atoms with Gasteiger partial charge in [0.15, 0.2) is 0 Å². The van der Waals surface area contributed by atoms with E-state index in [0.717, 1.165) is 5.92 Å². The topological polar surface area (TPSA) is 0 Å². The number of unbranched alkanes of at least 4 members (excludes halogenated alkanes) is 9. The molecule has 2 aromatic heterocycles. The van der Waals surface area contributed by atoms with Crippen LogP contribution in [-0.2, 0) is 17.3 Å². The SMILES string of the molecule is CCCCCCCCC(CCCCCC)CS1(c2ccc(CCCC)cc2)c2cc(C(C)(C)C)sc2-c2sc(C(C)(C)C)cc21. The van der Waals surface area contributed by atoms with Crippen LogP contribution in [0.4, 0.5) is 0 Å². The van der Waals surface area contributed by atoms with Crippen molar-refractivity contribution in [3.63, 3.8) is 0 Å². The van der Waals surface area contributed by atoms with Gasteiger partial charge in [0.2, 0.25) is 0 Å². The molecular formula is C42H66S3. The Balaban J connectivity index is 1.83. The molecule has 252 valence electrons. The lowest BCUT2D eigenvalue weighted by Gasteiger charge is -2.41. The zero-order valence-electron chi connectivity index (χ0n) is 30.6. The summed E-state index contributed by atoms with van der Waals surface area (Å²) in [6.45, 7) is 21.5. The largest absolute Gasteiger partial charge is 0.157 e. The molecule has 0 saturated carbocycles. The summed E-state index contributed by atoms with van der Waals surface area (Å²) < 4.78 is 0. The van der Waals surface area contributed by atoms with Gasteiger partial charge < -0.3 is 0 Å². The highest BCUT2D eigenvalue weighted by Gasteiger charge is 2.46. The smallest absolute Gasteiger partial charge is 0.0584 e. The Labute approximate surface area is 288 Å².